The third-order valence-electron chi connectivity index (χ3n) is 8.19. The molecule has 3 fully saturated rings. The van der Waals surface area contributed by atoms with E-state index in [2.05, 4.69) is 37.8 Å². The lowest BCUT2D eigenvalue weighted by atomic mass is 9.92. The number of nitrogens with one attached hydrogen (secondary N) is 2. The molecule has 8 nitrogen and oxygen atoms in total. The summed E-state index contributed by atoms with van der Waals surface area (Å²) in [6.45, 7) is 2.04. The molecule has 6 rings (SSSR count). The number of hydrogen-bond acceptors (Lipinski definition) is 8. The number of imidazole rings is 1. The number of nitrogens with two attached hydrogens (primary N) is 1. The van der Waals surface area contributed by atoms with Gasteiger partial charge in [-0.15, -0.1) is 11.3 Å². The van der Waals surface area contributed by atoms with Gasteiger partial charge in [-0.3, -0.25) is 0 Å². The third-order valence-corrected chi connectivity index (χ3v) is 9.09. The predicted octanol–water partition coefficient (Wildman–Crippen LogP) is 4.97. The van der Waals surface area contributed by atoms with Crippen LogP contribution < -0.4 is 16.5 Å². The molecular formula is C26H38N8S. The summed E-state index contributed by atoms with van der Waals surface area (Å²) in [5, 5.41) is 8.14. The van der Waals surface area contributed by atoms with Gasteiger partial charge in [0.05, 0.1) is 6.33 Å². The van der Waals surface area contributed by atoms with Crippen molar-refractivity contribution in [3.8, 4) is 0 Å². The van der Waals surface area contributed by atoms with Gasteiger partial charge in [0, 0.05) is 36.1 Å². The minimum Gasteiger partial charge on any atom is -0.351 e. The van der Waals surface area contributed by atoms with Crippen molar-refractivity contribution < 1.29 is 0 Å². The SMILES string of the molecule is NC1CCC(Nc2nc(NN3CCC(Cc4cccs4)CC3)c3ncn(C4CCCC4)c3n2)CC1. The van der Waals surface area contributed by atoms with Crippen molar-refractivity contribution in [1.82, 2.24) is 24.5 Å². The first-order valence-corrected chi connectivity index (χ1v) is 14.4. The van der Waals surface area contributed by atoms with Gasteiger partial charge in [0.15, 0.2) is 17.0 Å². The highest BCUT2D eigenvalue weighted by Gasteiger charge is 2.26. The third kappa shape index (κ3) is 5.32. The van der Waals surface area contributed by atoms with E-state index in [1.807, 2.05) is 17.7 Å². The molecular weight excluding hydrogens is 456 g/mol. The Hall–Kier alpha value is -2.23. The van der Waals surface area contributed by atoms with Crippen LogP contribution in [0.4, 0.5) is 11.8 Å². The van der Waals surface area contributed by atoms with E-state index in [9.17, 15) is 0 Å². The molecule has 3 aromatic rings. The van der Waals surface area contributed by atoms with Crippen LogP contribution in [-0.4, -0.2) is 49.7 Å². The number of nitrogens with zero attached hydrogens (tertiary/aromatic N) is 5. The zero-order chi connectivity index (χ0) is 23.6. The number of hydrazine groups is 1. The minimum atomic E-state index is 0.334. The summed E-state index contributed by atoms with van der Waals surface area (Å²) in [5.74, 6) is 2.31. The number of fused-ring (bicyclic) bond motifs is 1. The van der Waals surface area contributed by atoms with Crippen LogP contribution in [0.1, 0.15) is 75.1 Å². The standard InChI is InChI=1S/C26H38N8S/c27-19-7-9-20(10-8-19)29-26-30-24(23-25(31-26)34(17-28-23)21-4-1-2-5-21)32-33-13-11-18(12-14-33)16-22-6-3-15-35-22/h3,6,15,17-21H,1-2,4-5,7-14,16,27H2,(H2,29,30,31,32). The van der Waals surface area contributed by atoms with E-state index in [0.717, 1.165) is 61.7 Å². The number of anilines is 2. The van der Waals surface area contributed by atoms with Crippen LogP contribution in [0.2, 0.25) is 0 Å². The summed E-state index contributed by atoms with van der Waals surface area (Å²) in [6, 6.07) is 5.64. The van der Waals surface area contributed by atoms with Crippen LogP contribution in [0.25, 0.3) is 11.2 Å². The van der Waals surface area contributed by atoms with Crippen LogP contribution in [0.15, 0.2) is 23.8 Å². The highest BCUT2D eigenvalue weighted by atomic mass is 32.1. The summed E-state index contributed by atoms with van der Waals surface area (Å²) in [4.78, 5) is 16.2. The fourth-order valence-electron chi connectivity index (χ4n) is 6.07. The van der Waals surface area contributed by atoms with Crippen molar-refractivity contribution >= 4 is 34.3 Å². The summed E-state index contributed by atoms with van der Waals surface area (Å²) in [6.07, 6.45) is 14.8. The van der Waals surface area contributed by atoms with Crippen molar-refractivity contribution in [2.24, 2.45) is 11.7 Å². The predicted molar refractivity (Wildman–Crippen MR) is 143 cm³/mol. The fraction of sp³-hybridized carbons (Fsp3) is 0.654. The molecule has 0 atom stereocenters. The largest absolute Gasteiger partial charge is 0.351 e. The first-order chi connectivity index (χ1) is 17.2. The number of hydrogen-bond donors (Lipinski definition) is 3. The second-order valence-electron chi connectivity index (χ2n) is 10.7. The molecule has 4 N–H and O–H groups in total. The summed E-state index contributed by atoms with van der Waals surface area (Å²) in [5.41, 5.74) is 11.6. The molecule has 1 saturated heterocycles. The Morgan fingerprint density at radius 3 is 2.54 bits per heavy atom. The van der Waals surface area contributed by atoms with E-state index in [0.29, 0.717) is 24.1 Å². The average Bonchev–Trinajstić information content (AvgIpc) is 3.64. The van der Waals surface area contributed by atoms with Gasteiger partial charge < -0.3 is 21.0 Å². The Balaban J connectivity index is 1.20. The molecule has 9 heteroatoms. The molecule has 188 valence electrons. The molecule has 3 aromatic heterocycles. The van der Waals surface area contributed by atoms with Gasteiger partial charge in [0.25, 0.3) is 0 Å². The second kappa shape index (κ2) is 10.4. The first kappa shape index (κ1) is 23.2. The van der Waals surface area contributed by atoms with Crippen LogP contribution in [0.5, 0.6) is 0 Å². The molecule has 3 aliphatic rings. The van der Waals surface area contributed by atoms with E-state index < -0.39 is 0 Å². The number of piperidine rings is 1. The molecule has 1 aliphatic heterocycles. The minimum absolute atomic E-state index is 0.334. The van der Waals surface area contributed by atoms with Gasteiger partial charge >= 0.3 is 0 Å². The van der Waals surface area contributed by atoms with Crippen LogP contribution >= 0.6 is 11.3 Å². The Labute approximate surface area is 211 Å². The van der Waals surface area contributed by atoms with Gasteiger partial charge in [-0.05, 0) is 75.2 Å². The lowest BCUT2D eigenvalue weighted by molar-refractivity contribution is 0.216. The molecule has 35 heavy (non-hydrogen) atoms. The van der Waals surface area contributed by atoms with Gasteiger partial charge in [-0.1, -0.05) is 18.9 Å². The maximum atomic E-state index is 6.13. The maximum Gasteiger partial charge on any atom is 0.227 e. The number of rotatable bonds is 7. The molecule has 0 amide bonds. The molecule has 0 aromatic carbocycles. The van der Waals surface area contributed by atoms with Crippen LogP contribution in [0, 0.1) is 5.92 Å². The monoisotopic (exact) mass is 494 g/mol. The summed E-state index contributed by atoms with van der Waals surface area (Å²) < 4.78 is 2.30. The highest BCUT2D eigenvalue weighted by Crippen LogP contribution is 2.34. The lowest BCUT2D eigenvalue weighted by Crippen LogP contribution is -2.39. The van der Waals surface area contributed by atoms with Crippen molar-refractivity contribution in [2.45, 2.75) is 88.8 Å². The molecule has 0 unspecified atom stereocenters. The normalized spacial score (nSPS) is 24.8. The quantitative estimate of drug-likeness (QED) is 0.427. The van der Waals surface area contributed by atoms with Gasteiger partial charge in [-0.2, -0.15) is 9.97 Å². The van der Waals surface area contributed by atoms with Crippen molar-refractivity contribution in [1.29, 1.82) is 0 Å². The molecule has 2 saturated carbocycles. The van der Waals surface area contributed by atoms with E-state index in [4.69, 9.17) is 20.7 Å². The van der Waals surface area contributed by atoms with Gasteiger partial charge in [0.1, 0.15) is 0 Å². The highest BCUT2D eigenvalue weighted by molar-refractivity contribution is 7.09. The maximum absolute atomic E-state index is 6.13. The van der Waals surface area contributed by atoms with E-state index in [1.54, 1.807) is 0 Å². The second-order valence-corrected chi connectivity index (χ2v) is 11.8. The molecule has 0 bridgehead atoms. The fourth-order valence-corrected chi connectivity index (χ4v) is 6.89. The topological polar surface area (TPSA) is 96.9 Å². The van der Waals surface area contributed by atoms with Crippen LogP contribution in [0.3, 0.4) is 0 Å². The zero-order valence-corrected chi connectivity index (χ0v) is 21.3. The summed E-state index contributed by atoms with van der Waals surface area (Å²) in [7, 11) is 0. The Kier molecular flexibility index (Phi) is 6.89. The van der Waals surface area contributed by atoms with E-state index in [1.165, 1.54) is 49.8 Å². The lowest BCUT2D eigenvalue weighted by Gasteiger charge is -2.32. The Morgan fingerprint density at radius 1 is 1.00 bits per heavy atom. The smallest absolute Gasteiger partial charge is 0.227 e. The van der Waals surface area contributed by atoms with Crippen molar-refractivity contribution in [3.63, 3.8) is 0 Å². The number of aromatic nitrogens is 4. The van der Waals surface area contributed by atoms with Crippen molar-refractivity contribution in [3.05, 3.63) is 28.7 Å². The van der Waals surface area contributed by atoms with Gasteiger partial charge in [-0.25, -0.2) is 9.99 Å². The zero-order valence-electron chi connectivity index (χ0n) is 20.5. The van der Waals surface area contributed by atoms with E-state index in [-0.39, 0.29) is 0 Å². The average molecular weight is 495 g/mol. The van der Waals surface area contributed by atoms with E-state index >= 15 is 0 Å². The molecule has 2 aliphatic carbocycles. The Morgan fingerprint density at radius 2 is 1.80 bits per heavy atom. The Bertz CT molecular complexity index is 1090. The molecule has 0 spiro atoms. The summed E-state index contributed by atoms with van der Waals surface area (Å²) >= 11 is 1.88. The van der Waals surface area contributed by atoms with Crippen molar-refractivity contribution in [2.75, 3.05) is 23.8 Å². The van der Waals surface area contributed by atoms with Crippen LogP contribution in [-0.2, 0) is 6.42 Å². The van der Waals surface area contributed by atoms with Gasteiger partial charge in [0.2, 0.25) is 5.95 Å². The molecule has 0 radical (unpaired) electrons. The first-order valence-electron chi connectivity index (χ1n) is 13.5. The molecule has 4 heterocycles. The number of thiophene rings is 1.